The van der Waals surface area contributed by atoms with Crippen LogP contribution in [0.25, 0.3) is 0 Å². The summed E-state index contributed by atoms with van der Waals surface area (Å²) in [5, 5.41) is 8.61. The molecule has 0 atom stereocenters. The Kier molecular flexibility index (Phi) is 4.95. The van der Waals surface area contributed by atoms with Crippen LogP contribution < -0.4 is 4.74 Å². The minimum absolute atomic E-state index is 0.299. The molecule has 1 N–H and O–H groups in total. The standard InChI is InChI=1S/C15H20O3/c1-10(2)13-5-11(3)6-14(8-13)18-9-12(4)7-15(16)17/h5-8,10H,9H2,1-4H3,(H,16,17). The van der Waals surface area contributed by atoms with Gasteiger partial charge in [0.05, 0.1) is 0 Å². The summed E-state index contributed by atoms with van der Waals surface area (Å²) in [5.41, 5.74) is 3.07. The maximum atomic E-state index is 10.5. The summed E-state index contributed by atoms with van der Waals surface area (Å²) in [6.45, 7) is 8.33. The first-order valence-corrected chi connectivity index (χ1v) is 6.03. The third-order valence-corrected chi connectivity index (χ3v) is 2.58. The van der Waals surface area contributed by atoms with Gasteiger partial charge in [0.25, 0.3) is 0 Å². The van der Waals surface area contributed by atoms with E-state index in [0.29, 0.717) is 18.1 Å². The smallest absolute Gasteiger partial charge is 0.328 e. The largest absolute Gasteiger partial charge is 0.489 e. The van der Waals surface area contributed by atoms with Crippen molar-refractivity contribution in [1.82, 2.24) is 0 Å². The summed E-state index contributed by atoms with van der Waals surface area (Å²) in [6.07, 6.45) is 1.17. The Hall–Kier alpha value is -1.77. The lowest BCUT2D eigenvalue weighted by atomic mass is 10.0. The van der Waals surface area contributed by atoms with Crippen molar-refractivity contribution in [2.24, 2.45) is 0 Å². The number of carboxylic acid groups (broad SMARTS) is 1. The molecular formula is C15H20O3. The molecule has 0 bridgehead atoms. The van der Waals surface area contributed by atoms with Crippen LogP contribution in [0.3, 0.4) is 0 Å². The summed E-state index contributed by atoms with van der Waals surface area (Å²) in [5.74, 6) is 0.294. The van der Waals surface area contributed by atoms with Gasteiger partial charge in [0.2, 0.25) is 0 Å². The Labute approximate surface area is 108 Å². The maximum absolute atomic E-state index is 10.5. The van der Waals surface area contributed by atoms with Gasteiger partial charge in [0.1, 0.15) is 12.4 Å². The highest BCUT2D eigenvalue weighted by molar-refractivity contribution is 5.80. The summed E-state index contributed by atoms with van der Waals surface area (Å²) >= 11 is 0. The normalized spacial score (nSPS) is 11.7. The zero-order chi connectivity index (χ0) is 13.7. The van der Waals surface area contributed by atoms with E-state index in [9.17, 15) is 4.79 Å². The summed E-state index contributed by atoms with van der Waals surface area (Å²) in [6, 6.07) is 6.10. The Morgan fingerprint density at radius 1 is 1.39 bits per heavy atom. The highest BCUT2D eigenvalue weighted by Crippen LogP contribution is 2.23. The van der Waals surface area contributed by atoms with E-state index < -0.39 is 5.97 Å². The first kappa shape index (κ1) is 14.3. The fourth-order valence-corrected chi connectivity index (χ4v) is 1.64. The number of carboxylic acids is 1. The highest BCUT2D eigenvalue weighted by Gasteiger charge is 2.04. The lowest BCUT2D eigenvalue weighted by Crippen LogP contribution is -2.02. The minimum atomic E-state index is -0.941. The molecular weight excluding hydrogens is 228 g/mol. The Bertz CT molecular complexity index is 459. The first-order valence-electron chi connectivity index (χ1n) is 6.03. The van der Waals surface area contributed by atoms with Crippen LogP contribution >= 0.6 is 0 Å². The molecule has 98 valence electrons. The van der Waals surface area contributed by atoms with Gasteiger partial charge in [-0.2, -0.15) is 0 Å². The molecule has 0 aliphatic carbocycles. The van der Waals surface area contributed by atoms with Crippen molar-refractivity contribution in [1.29, 1.82) is 0 Å². The predicted molar refractivity (Wildman–Crippen MR) is 72.2 cm³/mol. The average molecular weight is 248 g/mol. The van der Waals surface area contributed by atoms with Crippen LogP contribution in [0.5, 0.6) is 5.75 Å². The van der Waals surface area contributed by atoms with Crippen LogP contribution in [0.2, 0.25) is 0 Å². The number of ether oxygens (including phenoxy) is 1. The van der Waals surface area contributed by atoms with Crippen molar-refractivity contribution in [2.45, 2.75) is 33.6 Å². The molecule has 0 heterocycles. The number of aliphatic carboxylic acids is 1. The van der Waals surface area contributed by atoms with Gasteiger partial charge < -0.3 is 9.84 Å². The van der Waals surface area contributed by atoms with E-state index in [1.54, 1.807) is 6.92 Å². The molecule has 0 saturated heterocycles. The molecule has 18 heavy (non-hydrogen) atoms. The van der Waals surface area contributed by atoms with Gasteiger partial charge in [-0.05, 0) is 48.6 Å². The fourth-order valence-electron chi connectivity index (χ4n) is 1.64. The zero-order valence-corrected chi connectivity index (χ0v) is 11.4. The number of hydrogen-bond donors (Lipinski definition) is 1. The fraction of sp³-hybridized carbons (Fsp3) is 0.400. The van der Waals surface area contributed by atoms with Gasteiger partial charge >= 0.3 is 5.97 Å². The average Bonchev–Trinajstić information content (AvgIpc) is 2.24. The van der Waals surface area contributed by atoms with Crippen molar-refractivity contribution in [3.8, 4) is 5.75 Å². The van der Waals surface area contributed by atoms with E-state index in [4.69, 9.17) is 9.84 Å². The molecule has 1 aromatic rings. The molecule has 0 amide bonds. The van der Waals surface area contributed by atoms with Gasteiger partial charge in [0.15, 0.2) is 0 Å². The quantitative estimate of drug-likeness (QED) is 0.811. The second kappa shape index (κ2) is 6.24. The predicted octanol–water partition coefficient (Wildman–Crippen LogP) is 3.53. The molecule has 0 fully saturated rings. The molecule has 0 radical (unpaired) electrons. The number of rotatable bonds is 5. The zero-order valence-electron chi connectivity index (χ0n) is 11.4. The third-order valence-electron chi connectivity index (χ3n) is 2.58. The van der Waals surface area contributed by atoms with Gasteiger partial charge in [-0.15, -0.1) is 0 Å². The molecule has 0 unspecified atom stereocenters. The summed E-state index contributed by atoms with van der Waals surface area (Å²) < 4.78 is 5.61. The topological polar surface area (TPSA) is 46.5 Å². The second-order valence-corrected chi connectivity index (χ2v) is 4.85. The molecule has 0 aromatic heterocycles. The minimum Gasteiger partial charge on any atom is -0.489 e. The monoisotopic (exact) mass is 248 g/mol. The molecule has 3 heteroatoms. The summed E-state index contributed by atoms with van der Waals surface area (Å²) in [4.78, 5) is 10.5. The van der Waals surface area contributed by atoms with E-state index in [-0.39, 0.29) is 0 Å². The van der Waals surface area contributed by atoms with Crippen molar-refractivity contribution in [3.63, 3.8) is 0 Å². The Balaban J connectivity index is 2.76. The van der Waals surface area contributed by atoms with Gasteiger partial charge in [-0.1, -0.05) is 19.9 Å². The Morgan fingerprint density at radius 3 is 2.61 bits per heavy atom. The Morgan fingerprint density at radius 2 is 2.06 bits per heavy atom. The molecule has 3 nitrogen and oxygen atoms in total. The molecule has 0 saturated carbocycles. The van der Waals surface area contributed by atoms with Crippen LogP contribution in [0.1, 0.15) is 37.8 Å². The highest BCUT2D eigenvalue weighted by atomic mass is 16.5. The first-order chi connectivity index (χ1) is 8.38. The van der Waals surface area contributed by atoms with E-state index in [0.717, 1.165) is 11.3 Å². The SMILES string of the molecule is CC(=CC(=O)O)COc1cc(C)cc(C(C)C)c1. The molecule has 0 aliphatic heterocycles. The lowest BCUT2D eigenvalue weighted by molar-refractivity contribution is -0.131. The van der Waals surface area contributed by atoms with Crippen LogP contribution in [0, 0.1) is 6.92 Å². The van der Waals surface area contributed by atoms with Crippen molar-refractivity contribution in [2.75, 3.05) is 6.61 Å². The molecule has 0 spiro atoms. The third kappa shape index (κ3) is 4.62. The van der Waals surface area contributed by atoms with E-state index in [1.807, 2.05) is 19.1 Å². The van der Waals surface area contributed by atoms with Gasteiger partial charge in [0, 0.05) is 6.08 Å². The van der Waals surface area contributed by atoms with Crippen LogP contribution in [0.15, 0.2) is 29.8 Å². The number of aryl methyl sites for hydroxylation is 1. The van der Waals surface area contributed by atoms with Crippen molar-refractivity contribution >= 4 is 5.97 Å². The van der Waals surface area contributed by atoms with E-state index >= 15 is 0 Å². The van der Waals surface area contributed by atoms with Crippen LogP contribution in [-0.4, -0.2) is 17.7 Å². The number of benzene rings is 1. The van der Waals surface area contributed by atoms with E-state index in [1.165, 1.54) is 11.6 Å². The number of hydrogen-bond acceptors (Lipinski definition) is 2. The molecule has 1 aromatic carbocycles. The lowest BCUT2D eigenvalue weighted by Gasteiger charge is -2.11. The van der Waals surface area contributed by atoms with Crippen LogP contribution in [-0.2, 0) is 4.79 Å². The van der Waals surface area contributed by atoms with E-state index in [2.05, 4.69) is 19.9 Å². The molecule has 0 aliphatic rings. The maximum Gasteiger partial charge on any atom is 0.328 e. The van der Waals surface area contributed by atoms with Crippen molar-refractivity contribution in [3.05, 3.63) is 41.0 Å². The van der Waals surface area contributed by atoms with Crippen molar-refractivity contribution < 1.29 is 14.6 Å². The van der Waals surface area contributed by atoms with Gasteiger partial charge in [-0.25, -0.2) is 4.79 Å². The van der Waals surface area contributed by atoms with Crippen LogP contribution in [0.4, 0.5) is 0 Å². The molecule has 1 rings (SSSR count). The van der Waals surface area contributed by atoms with Gasteiger partial charge in [-0.3, -0.25) is 0 Å². The summed E-state index contributed by atoms with van der Waals surface area (Å²) in [7, 11) is 0. The number of carbonyl (C=O) groups is 1. The second-order valence-electron chi connectivity index (χ2n) is 4.85.